The molecule has 23 aromatic rings. The first-order chi connectivity index (χ1) is 61.3. The number of fused-ring (bicyclic) bond motifs is 16. The molecule has 2 aliphatic rings. The molecule has 13 nitrogen and oxygen atoms in total. The molecule has 2 aliphatic heterocycles. The summed E-state index contributed by atoms with van der Waals surface area (Å²) >= 11 is 3.50. The number of hydrogen-bond acceptors (Lipinski definition) is 13. The Morgan fingerprint density at radius 1 is 0.256 bits per heavy atom. The van der Waals surface area contributed by atoms with Crippen LogP contribution in [0.25, 0.3) is 221 Å². The molecule has 0 aliphatic carbocycles. The minimum atomic E-state index is -0.476. The summed E-state index contributed by atoms with van der Waals surface area (Å²) in [6.45, 7) is 10.4. The maximum Gasteiger partial charge on any atom is 0.495 e. The predicted octanol–water partition coefficient (Wildman–Crippen LogP) is 28.8. The van der Waals surface area contributed by atoms with Gasteiger partial charge in [-0.15, -0.1) is 0 Å². The van der Waals surface area contributed by atoms with Gasteiger partial charge < -0.3 is 31.7 Å². The molecule has 0 spiro atoms. The standard InChI is InChI=1S/C47H27N3O2.C32H27BO3.C27H16BrN3O.C4H8O/c1-2-12-29(13-3-1)45-48-46(50-47(49-45)38-19-10-18-36-35-17-8-9-20-40(35)51-43(36)38)37-24-23-34(33-22-21-28-11-4-5-14-30(28)25-33)44-42(37)39-26-31-15-6-7-16-32(31)27-41(39)52-44;1-31(2)32(3,4)36-33(35-31)27-16-15-25(24-14-13-20-9-5-6-10-21(20)17-24)30-29(27)26-18-22-11-7-8-12-23(22)19-28(26)34-30;28-19-15-13-18(14-16-19)26-29-25(17-7-2-1-3-8-17)30-27(31-26)22-11-6-10-21-20-9-4-5-12-23(20)32-24(21)22;1-2-4-5-3-1/h1-27H;5-19H,1-4H3;1-16H;1-4H2. The highest BCUT2D eigenvalue weighted by molar-refractivity contribution is 9.10. The lowest BCUT2D eigenvalue weighted by molar-refractivity contribution is 0.00578. The second-order valence-electron chi connectivity index (χ2n) is 32.8. The van der Waals surface area contributed by atoms with E-state index in [1.54, 1.807) is 0 Å². The summed E-state index contributed by atoms with van der Waals surface area (Å²) in [4.78, 5) is 30.0. The monoisotopic (exact) mass is 1680 g/mol. The largest absolute Gasteiger partial charge is 0.495 e. The maximum absolute atomic E-state index is 6.86. The number of para-hydroxylation sites is 4. The van der Waals surface area contributed by atoms with Crippen LogP contribution in [0.4, 0.5) is 0 Å². The molecular weight excluding hydrogens is 1610 g/mol. The Morgan fingerprint density at radius 3 is 1.08 bits per heavy atom. The summed E-state index contributed by atoms with van der Waals surface area (Å²) in [5.41, 5.74) is 16.3. The molecule has 0 atom stereocenters. The lowest BCUT2D eigenvalue weighted by Gasteiger charge is -2.32. The van der Waals surface area contributed by atoms with Crippen molar-refractivity contribution in [2.24, 2.45) is 0 Å². The Kier molecular flexibility index (Phi) is 19.4. The van der Waals surface area contributed by atoms with Gasteiger partial charge in [-0.3, -0.25) is 0 Å². The molecule has 0 N–H and O–H groups in total. The molecule has 600 valence electrons. The number of benzene rings is 17. The van der Waals surface area contributed by atoms with Crippen molar-refractivity contribution in [2.75, 3.05) is 13.2 Å². The smallest absolute Gasteiger partial charge is 0.455 e. The van der Waals surface area contributed by atoms with Crippen molar-refractivity contribution in [1.29, 1.82) is 0 Å². The molecule has 25 rings (SSSR count). The topological polar surface area (TPSA) is 158 Å². The fourth-order valence-electron chi connectivity index (χ4n) is 17.3. The Balaban J connectivity index is 0.000000112. The van der Waals surface area contributed by atoms with Crippen LogP contribution in [-0.4, -0.2) is 61.4 Å². The second kappa shape index (κ2) is 31.7. The van der Waals surface area contributed by atoms with Gasteiger partial charge in [0.15, 0.2) is 34.9 Å². The zero-order valence-corrected chi connectivity index (χ0v) is 70.4. The van der Waals surface area contributed by atoms with Gasteiger partial charge in [0.25, 0.3) is 0 Å². The van der Waals surface area contributed by atoms with Gasteiger partial charge in [0.05, 0.1) is 22.3 Å². The minimum absolute atomic E-state index is 0.423. The molecule has 2 fully saturated rings. The van der Waals surface area contributed by atoms with Crippen LogP contribution < -0.4 is 5.46 Å². The molecule has 6 aromatic heterocycles. The van der Waals surface area contributed by atoms with E-state index in [1.165, 1.54) is 39.8 Å². The highest BCUT2D eigenvalue weighted by Crippen LogP contribution is 2.47. The van der Waals surface area contributed by atoms with E-state index in [4.69, 9.17) is 61.6 Å². The SMILES string of the molecule is Brc1ccc(-c2nc(-c3ccccc3)nc(-c3cccc4c3oc3ccccc34)n2)cc1.C1CCOC1.CC1(C)OB(c2ccc(-c3ccc4ccccc4c3)c3oc4cc5ccccc5cc4c23)OC1(C)C.c1ccc(-c2nc(-c3cccc4c3oc3ccccc34)nc(-c3ccc(-c4ccc5ccccc5c4)c4oc5cc6ccccc6cc5c34)n2)cc1. The number of aromatic nitrogens is 6. The quantitative estimate of drug-likeness (QED) is 0.126. The van der Waals surface area contributed by atoms with E-state index < -0.39 is 18.3 Å². The summed E-state index contributed by atoms with van der Waals surface area (Å²) in [5, 5.41) is 17.7. The summed E-state index contributed by atoms with van der Waals surface area (Å²) in [6.07, 6.45) is 2.56. The molecule has 0 bridgehead atoms. The van der Waals surface area contributed by atoms with E-state index in [9.17, 15) is 0 Å². The van der Waals surface area contributed by atoms with Crippen molar-refractivity contribution < 1.29 is 31.7 Å². The number of halogens is 1. The molecule has 0 amide bonds. The summed E-state index contributed by atoms with van der Waals surface area (Å²) in [6, 6.07) is 121. The van der Waals surface area contributed by atoms with Gasteiger partial charge in [-0.25, -0.2) is 29.9 Å². The van der Waals surface area contributed by atoms with E-state index in [1.807, 2.05) is 146 Å². The van der Waals surface area contributed by atoms with Gasteiger partial charge in [-0.1, -0.05) is 283 Å². The Morgan fingerprint density at radius 2 is 0.608 bits per heavy atom. The average Bonchev–Trinajstić information content (AvgIpc) is 1.63. The summed E-state index contributed by atoms with van der Waals surface area (Å²) in [7, 11) is -0.476. The van der Waals surface area contributed by atoms with Gasteiger partial charge in [0.2, 0.25) is 0 Å². The van der Waals surface area contributed by atoms with Gasteiger partial charge >= 0.3 is 7.12 Å². The molecule has 15 heteroatoms. The maximum atomic E-state index is 6.86. The van der Waals surface area contributed by atoms with Crippen molar-refractivity contribution in [2.45, 2.75) is 51.7 Å². The van der Waals surface area contributed by atoms with Crippen LogP contribution in [0.15, 0.2) is 374 Å². The third-order valence-corrected chi connectivity index (χ3v) is 25.0. The first-order valence-electron chi connectivity index (χ1n) is 42.2. The molecular formula is C110H78BBrN6O7. The van der Waals surface area contributed by atoms with E-state index in [2.05, 4.69) is 250 Å². The number of rotatable bonds is 9. The van der Waals surface area contributed by atoms with Gasteiger partial charge in [-0.2, -0.15) is 0 Å². The zero-order chi connectivity index (χ0) is 83.9. The molecule has 0 saturated carbocycles. The van der Waals surface area contributed by atoms with Gasteiger partial charge in [-0.05, 0) is 185 Å². The van der Waals surface area contributed by atoms with Gasteiger partial charge in [0.1, 0.15) is 44.7 Å². The second-order valence-corrected chi connectivity index (χ2v) is 33.7. The highest BCUT2D eigenvalue weighted by atomic mass is 79.9. The summed E-state index contributed by atoms with van der Waals surface area (Å²) < 4.78 is 45.2. The fourth-order valence-corrected chi connectivity index (χ4v) is 17.6. The first kappa shape index (κ1) is 76.5. The van der Waals surface area contributed by atoms with E-state index in [0.717, 1.165) is 183 Å². The van der Waals surface area contributed by atoms with Crippen molar-refractivity contribution in [1.82, 2.24) is 29.9 Å². The van der Waals surface area contributed by atoms with Gasteiger partial charge in [0, 0.05) is 94.2 Å². The summed E-state index contributed by atoms with van der Waals surface area (Å²) in [5.74, 6) is 3.51. The molecule has 2 saturated heterocycles. The predicted molar refractivity (Wildman–Crippen MR) is 512 cm³/mol. The molecule has 125 heavy (non-hydrogen) atoms. The van der Waals surface area contributed by atoms with Crippen molar-refractivity contribution in [3.63, 3.8) is 0 Å². The third-order valence-electron chi connectivity index (χ3n) is 24.4. The zero-order valence-electron chi connectivity index (χ0n) is 68.8. The minimum Gasteiger partial charge on any atom is -0.455 e. The number of furan rings is 4. The van der Waals surface area contributed by atoms with Crippen LogP contribution in [0.3, 0.4) is 0 Å². The van der Waals surface area contributed by atoms with Crippen molar-refractivity contribution in [3.05, 3.63) is 356 Å². The van der Waals surface area contributed by atoms with Crippen molar-refractivity contribution in [3.8, 4) is 90.6 Å². The fraction of sp³-hybridized carbons (Fsp3) is 0.0909. The van der Waals surface area contributed by atoms with Crippen LogP contribution in [0.1, 0.15) is 40.5 Å². The van der Waals surface area contributed by atoms with E-state index >= 15 is 0 Å². The first-order valence-corrected chi connectivity index (χ1v) is 43.0. The Labute approximate surface area is 727 Å². The van der Waals surface area contributed by atoms with Crippen LogP contribution in [0, 0.1) is 0 Å². The molecule has 17 aromatic carbocycles. The number of hydrogen-bond donors (Lipinski definition) is 0. The van der Waals surface area contributed by atoms with Crippen LogP contribution in [0.2, 0.25) is 0 Å². The Hall–Kier alpha value is -14.6. The highest BCUT2D eigenvalue weighted by Gasteiger charge is 2.52. The van der Waals surface area contributed by atoms with Crippen LogP contribution >= 0.6 is 15.9 Å². The Bertz CT molecular complexity index is 8120. The lowest BCUT2D eigenvalue weighted by Crippen LogP contribution is -2.41. The lowest BCUT2D eigenvalue weighted by atomic mass is 9.75. The molecule has 0 unspecified atom stereocenters. The molecule has 0 radical (unpaired) electrons. The third kappa shape index (κ3) is 14.3. The van der Waals surface area contributed by atoms with Crippen LogP contribution in [0.5, 0.6) is 0 Å². The van der Waals surface area contributed by atoms with E-state index in [0.29, 0.717) is 34.9 Å². The number of nitrogens with zero attached hydrogens (tertiary/aromatic N) is 6. The van der Waals surface area contributed by atoms with E-state index in [-0.39, 0.29) is 0 Å². The average molecular weight is 1690 g/mol. The van der Waals surface area contributed by atoms with Crippen molar-refractivity contribution >= 4 is 159 Å². The normalized spacial score (nSPS) is 13.7. The molecule has 8 heterocycles. The number of ether oxygens (including phenoxy) is 1. The van der Waals surface area contributed by atoms with Crippen LogP contribution in [-0.2, 0) is 14.0 Å².